The van der Waals surface area contributed by atoms with E-state index in [1.165, 1.54) is 0 Å². The predicted molar refractivity (Wildman–Crippen MR) is 87.4 cm³/mol. The Bertz CT molecular complexity index is 679. The first kappa shape index (κ1) is 15.3. The van der Waals surface area contributed by atoms with Gasteiger partial charge >= 0.3 is 0 Å². The Morgan fingerprint density at radius 2 is 1.83 bits per heavy atom. The molecule has 0 unspecified atom stereocenters. The minimum Gasteiger partial charge on any atom is -0.350 e. The first-order valence-electron chi connectivity index (χ1n) is 7.94. The van der Waals surface area contributed by atoms with E-state index >= 15 is 0 Å². The van der Waals surface area contributed by atoms with Crippen LogP contribution in [0.1, 0.15) is 24.0 Å². The Morgan fingerprint density at radius 3 is 2.52 bits per heavy atom. The molecule has 0 radical (unpaired) electrons. The molecule has 2 amide bonds. The lowest BCUT2D eigenvalue weighted by molar-refractivity contribution is -0.128. The highest BCUT2D eigenvalue weighted by molar-refractivity contribution is 5.78. The number of carbonyl (C=O) groups excluding carboxylic acids is 2. The molecule has 1 aliphatic rings. The quantitative estimate of drug-likeness (QED) is 0.886. The van der Waals surface area contributed by atoms with E-state index < -0.39 is 0 Å². The largest absolute Gasteiger partial charge is 0.350 e. The zero-order chi connectivity index (χ0) is 16.1. The van der Waals surface area contributed by atoms with E-state index in [0.717, 1.165) is 24.1 Å². The first-order chi connectivity index (χ1) is 11.2. The second-order valence-corrected chi connectivity index (χ2v) is 5.82. The van der Waals surface area contributed by atoms with Crippen LogP contribution in [-0.2, 0) is 29.2 Å². The molecule has 3 rings (SSSR count). The fourth-order valence-electron chi connectivity index (χ4n) is 2.85. The first-order valence-corrected chi connectivity index (χ1v) is 7.94. The summed E-state index contributed by atoms with van der Waals surface area (Å²) < 4.78 is 1.84. The van der Waals surface area contributed by atoms with Crippen molar-refractivity contribution < 1.29 is 9.59 Å². The summed E-state index contributed by atoms with van der Waals surface area (Å²) in [4.78, 5) is 25.7. The number of nitrogens with zero attached hydrogens (tertiary/aromatic N) is 2. The number of rotatable bonds is 6. The molecular formula is C18H21N3O2. The highest BCUT2D eigenvalue weighted by Gasteiger charge is 2.20. The van der Waals surface area contributed by atoms with Crippen LogP contribution in [0.15, 0.2) is 48.8 Å². The lowest BCUT2D eigenvalue weighted by Gasteiger charge is -2.18. The van der Waals surface area contributed by atoms with Crippen LogP contribution in [-0.4, -0.2) is 27.8 Å². The average molecular weight is 311 g/mol. The molecule has 0 bridgehead atoms. The zero-order valence-electron chi connectivity index (χ0n) is 13.1. The molecule has 1 aromatic heterocycles. The number of hydrogen-bond acceptors (Lipinski definition) is 2. The van der Waals surface area contributed by atoms with E-state index in [1.807, 2.05) is 58.3 Å². The molecule has 0 aliphatic carbocycles. The minimum absolute atomic E-state index is 0.0201. The summed E-state index contributed by atoms with van der Waals surface area (Å²) in [5, 5.41) is 2.95. The molecular weight excluding hydrogens is 290 g/mol. The molecule has 1 N–H and O–H groups in total. The maximum Gasteiger partial charge on any atom is 0.240 e. The van der Waals surface area contributed by atoms with E-state index in [0.29, 0.717) is 26.1 Å². The van der Waals surface area contributed by atoms with Crippen molar-refractivity contribution in [3.8, 4) is 0 Å². The van der Waals surface area contributed by atoms with E-state index in [-0.39, 0.29) is 11.8 Å². The summed E-state index contributed by atoms with van der Waals surface area (Å²) in [6, 6.07) is 11.8. The Kier molecular flexibility index (Phi) is 4.76. The van der Waals surface area contributed by atoms with Crippen molar-refractivity contribution in [1.82, 2.24) is 14.8 Å². The summed E-state index contributed by atoms with van der Waals surface area (Å²) in [7, 11) is 0. The highest BCUT2D eigenvalue weighted by atomic mass is 16.2. The van der Waals surface area contributed by atoms with Gasteiger partial charge < -0.3 is 14.8 Å². The standard InChI is InChI=1S/C18H21N3O2/c22-17(14-20-9-3-4-10-20)19-12-15-6-1-2-7-16(15)13-21-11-5-8-18(21)23/h1-4,6-7,9-10H,5,8,11-14H2,(H,19,22). The van der Waals surface area contributed by atoms with Gasteiger partial charge in [-0.3, -0.25) is 9.59 Å². The number of likely N-dealkylation sites (tertiary alicyclic amines) is 1. The monoisotopic (exact) mass is 311 g/mol. The molecule has 0 saturated carbocycles. The summed E-state index contributed by atoms with van der Waals surface area (Å²) in [6.45, 7) is 2.26. The summed E-state index contributed by atoms with van der Waals surface area (Å²) in [5.74, 6) is 0.199. The number of carbonyl (C=O) groups is 2. The van der Waals surface area contributed by atoms with E-state index in [1.54, 1.807) is 0 Å². The number of amides is 2. The third-order valence-corrected chi connectivity index (χ3v) is 4.12. The molecule has 5 heteroatoms. The molecule has 1 saturated heterocycles. The van der Waals surface area contributed by atoms with Gasteiger partial charge in [-0.25, -0.2) is 0 Å². The third kappa shape index (κ3) is 4.00. The second-order valence-electron chi connectivity index (χ2n) is 5.82. The Morgan fingerprint density at radius 1 is 1.09 bits per heavy atom. The van der Waals surface area contributed by atoms with Crippen LogP contribution in [0.4, 0.5) is 0 Å². The van der Waals surface area contributed by atoms with Crippen molar-refractivity contribution in [3.63, 3.8) is 0 Å². The van der Waals surface area contributed by atoms with E-state index in [4.69, 9.17) is 0 Å². The van der Waals surface area contributed by atoms with E-state index in [9.17, 15) is 9.59 Å². The van der Waals surface area contributed by atoms with Gasteiger partial charge in [0.05, 0.1) is 0 Å². The normalized spacial score (nSPS) is 14.3. The van der Waals surface area contributed by atoms with Crippen molar-refractivity contribution in [3.05, 3.63) is 59.9 Å². The molecule has 5 nitrogen and oxygen atoms in total. The van der Waals surface area contributed by atoms with Crippen LogP contribution < -0.4 is 5.32 Å². The van der Waals surface area contributed by atoms with Crippen LogP contribution in [0.2, 0.25) is 0 Å². The third-order valence-electron chi connectivity index (χ3n) is 4.12. The number of nitrogens with one attached hydrogen (secondary N) is 1. The molecule has 0 spiro atoms. The van der Waals surface area contributed by atoms with Gasteiger partial charge in [-0.15, -0.1) is 0 Å². The fourth-order valence-corrected chi connectivity index (χ4v) is 2.85. The average Bonchev–Trinajstić information content (AvgIpc) is 3.19. The number of aromatic nitrogens is 1. The van der Waals surface area contributed by atoms with Crippen LogP contribution in [0.3, 0.4) is 0 Å². The van der Waals surface area contributed by atoms with Crippen LogP contribution >= 0.6 is 0 Å². The van der Waals surface area contributed by atoms with Gasteiger partial charge in [0.2, 0.25) is 11.8 Å². The molecule has 2 aromatic rings. The number of hydrogen-bond donors (Lipinski definition) is 1. The Balaban J connectivity index is 1.59. The lowest BCUT2D eigenvalue weighted by atomic mass is 10.1. The van der Waals surface area contributed by atoms with Gasteiger partial charge in [0.1, 0.15) is 6.54 Å². The Labute approximate surface area is 135 Å². The molecule has 120 valence electrons. The topological polar surface area (TPSA) is 54.3 Å². The van der Waals surface area contributed by atoms with Crippen molar-refractivity contribution >= 4 is 11.8 Å². The fraction of sp³-hybridized carbons (Fsp3) is 0.333. The van der Waals surface area contributed by atoms with Crippen LogP contribution in [0.25, 0.3) is 0 Å². The summed E-state index contributed by atoms with van der Waals surface area (Å²) in [5.41, 5.74) is 2.16. The molecule has 2 heterocycles. The van der Waals surface area contributed by atoms with Crippen molar-refractivity contribution in [2.75, 3.05) is 6.54 Å². The molecule has 23 heavy (non-hydrogen) atoms. The van der Waals surface area contributed by atoms with Gasteiger partial charge in [-0.2, -0.15) is 0 Å². The zero-order valence-corrected chi connectivity index (χ0v) is 13.1. The maximum atomic E-state index is 12.0. The summed E-state index contributed by atoms with van der Waals surface area (Å²) in [6.07, 6.45) is 5.32. The van der Waals surface area contributed by atoms with Crippen molar-refractivity contribution in [2.45, 2.75) is 32.5 Å². The van der Waals surface area contributed by atoms with Crippen molar-refractivity contribution in [1.29, 1.82) is 0 Å². The minimum atomic E-state index is -0.0201. The molecule has 1 aliphatic heterocycles. The van der Waals surface area contributed by atoms with Crippen LogP contribution in [0, 0.1) is 0 Å². The lowest BCUT2D eigenvalue weighted by Crippen LogP contribution is -2.28. The highest BCUT2D eigenvalue weighted by Crippen LogP contribution is 2.17. The van der Waals surface area contributed by atoms with Gasteiger partial charge in [0.15, 0.2) is 0 Å². The van der Waals surface area contributed by atoms with Gasteiger partial charge in [0.25, 0.3) is 0 Å². The molecule has 1 fully saturated rings. The maximum absolute atomic E-state index is 12.0. The van der Waals surface area contributed by atoms with Crippen LogP contribution in [0.5, 0.6) is 0 Å². The molecule has 0 atom stereocenters. The van der Waals surface area contributed by atoms with Crippen molar-refractivity contribution in [2.24, 2.45) is 0 Å². The SMILES string of the molecule is O=C(Cn1cccc1)NCc1ccccc1CN1CCCC1=O. The molecule has 1 aromatic carbocycles. The van der Waals surface area contributed by atoms with Gasteiger partial charge in [0, 0.05) is 38.4 Å². The van der Waals surface area contributed by atoms with Gasteiger partial charge in [-0.05, 0) is 29.7 Å². The number of benzene rings is 1. The second kappa shape index (κ2) is 7.13. The predicted octanol–water partition coefficient (Wildman–Crippen LogP) is 1.93. The smallest absolute Gasteiger partial charge is 0.240 e. The Hall–Kier alpha value is -2.56. The van der Waals surface area contributed by atoms with E-state index in [2.05, 4.69) is 5.32 Å². The summed E-state index contributed by atoms with van der Waals surface area (Å²) >= 11 is 0. The van der Waals surface area contributed by atoms with Gasteiger partial charge in [-0.1, -0.05) is 24.3 Å².